The molecule has 1 saturated carbocycles. The first-order valence-corrected chi connectivity index (χ1v) is 9.92. The summed E-state index contributed by atoms with van der Waals surface area (Å²) >= 11 is 3.38. The van der Waals surface area contributed by atoms with Crippen LogP contribution < -0.4 is 15.4 Å². The van der Waals surface area contributed by atoms with Crippen molar-refractivity contribution < 1.29 is 14.3 Å². The van der Waals surface area contributed by atoms with Crippen molar-refractivity contribution in [3.63, 3.8) is 0 Å². The second-order valence-electron chi connectivity index (χ2n) is 6.66. The zero-order chi connectivity index (χ0) is 19.2. The van der Waals surface area contributed by atoms with E-state index in [0.717, 1.165) is 25.7 Å². The van der Waals surface area contributed by atoms with Gasteiger partial charge in [-0.3, -0.25) is 9.59 Å². The minimum atomic E-state index is -0.281. The lowest BCUT2D eigenvalue weighted by Gasteiger charge is -2.23. The molecule has 1 aliphatic carbocycles. The molecule has 0 aromatic heterocycles. The van der Waals surface area contributed by atoms with Crippen LogP contribution in [0.2, 0.25) is 0 Å². The summed E-state index contributed by atoms with van der Waals surface area (Å²) in [4.78, 5) is 25.3. The molecule has 2 aromatic carbocycles. The van der Waals surface area contributed by atoms with Crippen molar-refractivity contribution in [2.24, 2.45) is 0 Å². The van der Waals surface area contributed by atoms with Crippen molar-refractivity contribution in [3.05, 3.63) is 58.1 Å². The number of rotatable bonds is 5. The molecule has 1 fully saturated rings. The van der Waals surface area contributed by atoms with Crippen molar-refractivity contribution >= 4 is 33.4 Å². The maximum Gasteiger partial charge on any atom is 0.255 e. The first-order chi connectivity index (χ1) is 13.1. The molecule has 0 unspecified atom stereocenters. The molecule has 0 bridgehead atoms. The lowest BCUT2D eigenvalue weighted by Crippen LogP contribution is -2.36. The average Bonchev–Trinajstić information content (AvgIpc) is 2.69. The van der Waals surface area contributed by atoms with Gasteiger partial charge < -0.3 is 15.4 Å². The van der Waals surface area contributed by atoms with E-state index in [1.807, 2.05) is 0 Å². The number of para-hydroxylation sites is 1. The van der Waals surface area contributed by atoms with Crippen LogP contribution in [0, 0.1) is 0 Å². The van der Waals surface area contributed by atoms with Crippen LogP contribution in [-0.4, -0.2) is 25.0 Å². The van der Waals surface area contributed by atoms with Gasteiger partial charge in [-0.05, 0) is 59.1 Å². The molecule has 2 aromatic rings. The number of halogens is 1. The first kappa shape index (κ1) is 19.4. The van der Waals surface area contributed by atoms with Gasteiger partial charge in [0.15, 0.2) is 0 Å². The maximum atomic E-state index is 12.7. The van der Waals surface area contributed by atoms with E-state index in [1.54, 1.807) is 49.6 Å². The monoisotopic (exact) mass is 430 g/mol. The van der Waals surface area contributed by atoms with E-state index in [0.29, 0.717) is 27.0 Å². The van der Waals surface area contributed by atoms with Crippen molar-refractivity contribution in [1.29, 1.82) is 0 Å². The molecular formula is C21H23BrN2O3. The van der Waals surface area contributed by atoms with E-state index in [9.17, 15) is 9.59 Å². The molecule has 0 saturated heterocycles. The molecule has 5 nitrogen and oxygen atoms in total. The smallest absolute Gasteiger partial charge is 0.255 e. The number of amides is 2. The van der Waals surface area contributed by atoms with Crippen molar-refractivity contribution in [2.45, 2.75) is 38.1 Å². The van der Waals surface area contributed by atoms with E-state index in [2.05, 4.69) is 26.6 Å². The fraction of sp³-hybridized carbons (Fsp3) is 0.333. The molecule has 0 heterocycles. The maximum absolute atomic E-state index is 12.7. The van der Waals surface area contributed by atoms with E-state index in [-0.39, 0.29) is 17.9 Å². The Morgan fingerprint density at radius 1 is 1.04 bits per heavy atom. The molecule has 3 rings (SSSR count). The van der Waals surface area contributed by atoms with E-state index in [1.165, 1.54) is 6.42 Å². The third kappa shape index (κ3) is 4.89. The summed E-state index contributed by atoms with van der Waals surface area (Å²) in [5.41, 5.74) is 1.46. The Hall–Kier alpha value is -2.34. The van der Waals surface area contributed by atoms with Gasteiger partial charge in [0.05, 0.1) is 22.8 Å². The van der Waals surface area contributed by atoms with Crippen LogP contribution in [0.3, 0.4) is 0 Å². The van der Waals surface area contributed by atoms with E-state index >= 15 is 0 Å². The fourth-order valence-electron chi connectivity index (χ4n) is 3.30. The van der Waals surface area contributed by atoms with Gasteiger partial charge in [0.1, 0.15) is 5.75 Å². The van der Waals surface area contributed by atoms with Crippen LogP contribution in [0.15, 0.2) is 46.9 Å². The summed E-state index contributed by atoms with van der Waals surface area (Å²) in [6.07, 6.45) is 5.56. The minimum Gasteiger partial charge on any atom is -0.496 e. The van der Waals surface area contributed by atoms with Gasteiger partial charge in [-0.15, -0.1) is 0 Å². The molecular weight excluding hydrogens is 408 g/mol. The Morgan fingerprint density at radius 2 is 1.78 bits per heavy atom. The Kier molecular flexibility index (Phi) is 6.50. The van der Waals surface area contributed by atoms with Gasteiger partial charge in [-0.2, -0.15) is 0 Å². The number of carbonyl (C=O) groups excluding carboxylic acids is 2. The number of methoxy groups -OCH3 is 1. The lowest BCUT2D eigenvalue weighted by molar-refractivity contribution is 0.0928. The highest BCUT2D eigenvalue weighted by atomic mass is 79.9. The fourth-order valence-corrected chi connectivity index (χ4v) is 3.84. The first-order valence-electron chi connectivity index (χ1n) is 9.13. The van der Waals surface area contributed by atoms with Crippen LogP contribution in [-0.2, 0) is 0 Å². The SMILES string of the molecule is COc1ccc(C(=O)Nc2ccccc2C(=O)NC2CCCCC2)cc1Br. The predicted octanol–water partition coefficient (Wildman–Crippen LogP) is 4.77. The molecule has 0 atom stereocenters. The number of benzene rings is 2. The van der Waals surface area contributed by atoms with Gasteiger partial charge >= 0.3 is 0 Å². The molecule has 27 heavy (non-hydrogen) atoms. The van der Waals surface area contributed by atoms with Gasteiger partial charge in [-0.1, -0.05) is 31.4 Å². The molecule has 2 N–H and O–H groups in total. The highest BCUT2D eigenvalue weighted by Crippen LogP contribution is 2.26. The quantitative estimate of drug-likeness (QED) is 0.717. The third-order valence-corrected chi connectivity index (χ3v) is 5.39. The summed E-state index contributed by atoms with van der Waals surface area (Å²) in [5, 5.41) is 5.95. The van der Waals surface area contributed by atoms with Crippen LogP contribution in [0.4, 0.5) is 5.69 Å². The Bertz CT molecular complexity index is 832. The highest BCUT2D eigenvalue weighted by molar-refractivity contribution is 9.10. The topological polar surface area (TPSA) is 67.4 Å². The standard InChI is InChI=1S/C21H23BrN2O3/c1-27-19-12-11-14(13-17(19)22)20(25)24-18-10-6-5-9-16(18)21(26)23-15-7-3-2-4-8-15/h5-6,9-13,15H,2-4,7-8H2,1H3,(H,23,26)(H,24,25). The zero-order valence-corrected chi connectivity index (χ0v) is 16.8. The number of anilines is 1. The number of hydrogen-bond donors (Lipinski definition) is 2. The molecule has 0 spiro atoms. The number of nitrogens with one attached hydrogen (secondary N) is 2. The van der Waals surface area contributed by atoms with Crippen LogP contribution in [0.25, 0.3) is 0 Å². The summed E-state index contributed by atoms with van der Waals surface area (Å²) in [6, 6.07) is 12.4. The predicted molar refractivity (Wildman–Crippen MR) is 109 cm³/mol. The van der Waals surface area contributed by atoms with Crippen molar-refractivity contribution in [2.75, 3.05) is 12.4 Å². The second kappa shape index (κ2) is 9.04. The van der Waals surface area contributed by atoms with Crippen molar-refractivity contribution in [3.8, 4) is 5.75 Å². The Morgan fingerprint density at radius 3 is 2.48 bits per heavy atom. The molecule has 2 amide bonds. The summed E-state index contributed by atoms with van der Waals surface area (Å²) in [5.74, 6) is 0.226. The van der Waals surface area contributed by atoms with Gasteiger partial charge in [0.25, 0.3) is 11.8 Å². The van der Waals surface area contributed by atoms with Gasteiger partial charge in [0.2, 0.25) is 0 Å². The molecule has 0 radical (unpaired) electrons. The van der Waals surface area contributed by atoms with Crippen LogP contribution in [0.1, 0.15) is 52.8 Å². The Labute approximate surface area is 167 Å². The molecule has 6 heteroatoms. The molecule has 142 valence electrons. The lowest BCUT2D eigenvalue weighted by atomic mass is 9.95. The third-order valence-electron chi connectivity index (χ3n) is 4.77. The zero-order valence-electron chi connectivity index (χ0n) is 15.3. The van der Waals surface area contributed by atoms with Crippen molar-refractivity contribution in [1.82, 2.24) is 5.32 Å². The molecule has 0 aliphatic heterocycles. The average molecular weight is 431 g/mol. The normalized spacial score (nSPS) is 14.4. The van der Waals surface area contributed by atoms with Gasteiger partial charge in [-0.25, -0.2) is 0 Å². The van der Waals surface area contributed by atoms with Crippen LogP contribution in [0.5, 0.6) is 5.75 Å². The number of ether oxygens (including phenoxy) is 1. The summed E-state index contributed by atoms with van der Waals surface area (Å²) < 4.78 is 5.88. The molecule has 1 aliphatic rings. The Balaban J connectivity index is 1.74. The largest absolute Gasteiger partial charge is 0.496 e. The van der Waals surface area contributed by atoms with E-state index < -0.39 is 0 Å². The minimum absolute atomic E-state index is 0.145. The number of hydrogen-bond acceptors (Lipinski definition) is 3. The second-order valence-corrected chi connectivity index (χ2v) is 7.51. The summed E-state index contributed by atoms with van der Waals surface area (Å²) in [6.45, 7) is 0. The van der Waals surface area contributed by atoms with E-state index in [4.69, 9.17) is 4.74 Å². The highest BCUT2D eigenvalue weighted by Gasteiger charge is 2.19. The summed E-state index contributed by atoms with van der Waals surface area (Å²) in [7, 11) is 1.57. The van der Waals surface area contributed by atoms with Gasteiger partial charge in [0, 0.05) is 11.6 Å². The number of carbonyl (C=O) groups is 2. The van der Waals surface area contributed by atoms with Crippen LogP contribution >= 0.6 is 15.9 Å².